The number of carbonyl (C=O) groups is 1. The highest BCUT2D eigenvalue weighted by atomic mass is 16.5. The predicted octanol–water partition coefficient (Wildman–Crippen LogP) is 3.58. The van der Waals surface area contributed by atoms with Crippen molar-refractivity contribution in [3.8, 4) is 17.0 Å². The largest absolute Gasteiger partial charge is 0.497 e. The molecule has 0 saturated carbocycles. The van der Waals surface area contributed by atoms with E-state index >= 15 is 0 Å². The number of nitrogens with zero attached hydrogens (tertiary/aromatic N) is 1. The molecule has 0 aliphatic rings. The molecule has 4 nitrogen and oxygen atoms in total. The molecular weight excluding hydrogens is 266 g/mol. The molecule has 0 unspecified atom stereocenters. The van der Waals surface area contributed by atoms with E-state index in [-0.39, 0.29) is 5.78 Å². The summed E-state index contributed by atoms with van der Waals surface area (Å²) in [5, 5.41) is 3.88. The van der Waals surface area contributed by atoms with Gasteiger partial charge in [-0.05, 0) is 30.3 Å². The standard InChI is InChI=1S/C17H13NO3/c1-20-15-7-5-12(6-8-15)17(19)14-4-2-3-13(11-14)16-9-10-21-18-16/h2-11H,1H3. The van der Waals surface area contributed by atoms with Gasteiger partial charge in [0.25, 0.3) is 0 Å². The smallest absolute Gasteiger partial charge is 0.193 e. The molecule has 1 heterocycles. The van der Waals surface area contributed by atoms with Crippen molar-refractivity contribution in [1.82, 2.24) is 5.16 Å². The van der Waals surface area contributed by atoms with E-state index in [2.05, 4.69) is 5.16 Å². The van der Waals surface area contributed by atoms with Gasteiger partial charge in [0, 0.05) is 22.8 Å². The van der Waals surface area contributed by atoms with Gasteiger partial charge in [-0.1, -0.05) is 23.4 Å². The molecule has 2 aromatic carbocycles. The topological polar surface area (TPSA) is 52.3 Å². The van der Waals surface area contributed by atoms with E-state index in [1.165, 1.54) is 6.26 Å². The molecule has 3 aromatic rings. The van der Waals surface area contributed by atoms with Crippen LogP contribution in [0.1, 0.15) is 15.9 Å². The number of rotatable bonds is 4. The molecule has 0 radical (unpaired) electrons. The van der Waals surface area contributed by atoms with Gasteiger partial charge in [-0.25, -0.2) is 0 Å². The molecule has 0 saturated heterocycles. The van der Waals surface area contributed by atoms with Gasteiger partial charge in [-0.3, -0.25) is 4.79 Å². The first-order valence-electron chi connectivity index (χ1n) is 6.47. The Labute approximate surface area is 122 Å². The third-order valence-electron chi connectivity index (χ3n) is 3.21. The fourth-order valence-electron chi connectivity index (χ4n) is 2.09. The first kappa shape index (κ1) is 13.1. The van der Waals surface area contributed by atoms with Crippen LogP contribution in [0.4, 0.5) is 0 Å². The van der Waals surface area contributed by atoms with Gasteiger partial charge in [0.15, 0.2) is 5.78 Å². The van der Waals surface area contributed by atoms with Crippen molar-refractivity contribution in [2.24, 2.45) is 0 Å². The molecule has 0 aliphatic carbocycles. The number of ether oxygens (including phenoxy) is 1. The molecule has 21 heavy (non-hydrogen) atoms. The number of aromatic nitrogens is 1. The third-order valence-corrected chi connectivity index (χ3v) is 3.21. The Kier molecular flexibility index (Phi) is 3.51. The maximum Gasteiger partial charge on any atom is 0.193 e. The molecule has 4 heteroatoms. The van der Waals surface area contributed by atoms with Crippen molar-refractivity contribution in [1.29, 1.82) is 0 Å². The fraction of sp³-hybridized carbons (Fsp3) is 0.0588. The minimum absolute atomic E-state index is 0.0389. The zero-order valence-corrected chi connectivity index (χ0v) is 11.4. The molecule has 104 valence electrons. The van der Waals surface area contributed by atoms with E-state index in [4.69, 9.17) is 9.26 Å². The van der Waals surface area contributed by atoms with Gasteiger partial charge in [0.2, 0.25) is 0 Å². The highest BCUT2D eigenvalue weighted by Gasteiger charge is 2.11. The minimum Gasteiger partial charge on any atom is -0.497 e. The lowest BCUT2D eigenvalue weighted by atomic mass is 10.0. The maximum absolute atomic E-state index is 12.5. The van der Waals surface area contributed by atoms with Crippen molar-refractivity contribution >= 4 is 5.78 Å². The molecular formula is C17H13NO3. The van der Waals surface area contributed by atoms with Gasteiger partial charge >= 0.3 is 0 Å². The number of hydrogen-bond donors (Lipinski definition) is 0. The average Bonchev–Trinajstić information content (AvgIpc) is 3.09. The van der Waals surface area contributed by atoms with Gasteiger partial charge in [0.05, 0.1) is 7.11 Å². The summed E-state index contributed by atoms with van der Waals surface area (Å²) in [6, 6.07) is 16.1. The predicted molar refractivity (Wildman–Crippen MR) is 78.4 cm³/mol. The van der Waals surface area contributed by atoms with Crippen molar-refractivity contribution in [3.05, 3.63) is 72.0 Å². The summed E-state index contributed by atoms with van der Waals surface area (Å²) >= 11 is 0. The number of ketones is 1. The van der Waals surface area contributed by atoms with Gasteiger partial charge in [-0.15, -0.1) is 0 Å². The zero-order valence-electron chi connectivity index (χ0n) is 11.4. The Bertz CT molecular complexity index is 746. The summed E-state index contributed by atoms with van der Waals surface area (Å²) in [7, 11) is 1.60. The number of benzene rings is 2. The number of carbonyl (C=O) groups excluding carboxylic acids is 1. The molecule has 0 N–H and O–H groups in total. The van der Waals surface area contributed by atoms with E-state index in [1.54, 1.807) is 43.5 Å². The Morgan fingerprint density at radius 3 is 2.52 bits per heavy atom. The van der Waals surface area contributed by atoms with Crippen LogP contribution in [0, 0.1) is 0 Å². The van der Waals surface area contributed by atoms with E-state index in [9.17, 15) is 4.79 Å². The summed E-state index contributed by atoms with van der Waals surface area (Å²) in [6.07, 6.45) is 1.51. The second-order valence-corrected chi connectivity index (χ2v) is 4.52. The average molecular weight is 279 g/mol. The first-order valence-corrected chi connectivity index (χ1v) is 6.47. The van der Waals surface area contributed by atoms with Crippen LogP contribution in [-0.4, -0.2) is 18.0 Å². The van der Waals surface area contributed by atoms with Crippen LogP contribution in [0.25, 0.3) is 11.3 Å². The van der Waals surface area contributed by atoms with E-state index < -0.39 is 0 Å². The third kappa shape index (κ3) is 2.69. The maximum atomic E-state index is 12.5. The van der Waals surface area contributed by atoms with Crippen LogP contribution in [0.3, 0.4) is 0 Å². The SMILES string of the molecule is COc1ccc(C(=O)c2cccc(-c3ccon3)c2)cc1. The summed E-state index contributed by atoms with van der Waals surface area (Å²) in [5.74, 6) is 0.686. The molecule has 0 atom stereocenters. The summed E-state index contributed by atoms with van der Waals surface area (Å²) in [6.45, 7) is 0. The van der Waals surface area contributed by atoms with E-state index in [0.717, 1.165) is 11.3 Å². The molecule has 0 fully saturated rings. The highest BCUT2D eigenvalue weighted by molar-refractivity contribution is 6.09. The number of hydrogen-bond acceptors (Lipinski definition) is 4. The van der Waals surface area contributed by atoms with Crippen molar-refractivity contribution in [2.45, 2.75) is 0 Å². The lowest BCUT2D eigenvalue weighted by Crippen LogP contribution is -2.01. The van der Waals surface area contributed by atoms with Crippen molar-refractivity contribution in [3.63, 3.8) is 0 Å². The van der Waals surface area contributed by atoms with Crippen LogP contribution >= 0.6 is 0 Å². The monoisotopic (exact) mass is 279 g/mol. The molecule has 0 amide bonds. The zero-order chi connectivity index (χ0) is 14.7. The summed E-state index contributed by atoms with van der Waals surface area (Å²) in [4.78, 5) is 12.5. The van der Waals surface area contributed by atoms with Crippen molar-refractivity contribution < 1.29 is 14.1 Å². The first-order chi connectivity index (χ1) is 10.3. The summed E-state index contributed by atoms with van der Waals surface area (Å²) < 4.78 is 9.92. The van der Waals surface area contributed by atoms with Gasteiger partial charge < -0.3 is 9.26 Å². The van der Waals surface area contributed by atoms with E-state index in [0.29, 0.717) is 16.8 Å². The lowest BCUT2D eigenvalue weighted by molar-refractivity contribution is 0.103. The van der Waals surface area contributed by atoms with Crippen LogP contribution in [0.15, 0.2) is 65.4 Å². The molecule has 0 spiro atoms. The van der Waals surface area contributed by atoms with Gasteiger partial charge in [-0.2, -0.15) is 0 Å². The Hall–Kier alpha value is -2.88. The van der Waals surface area contributed by atoms with Crippen LogP contribution in [0.5, 0.6) is 5.75 Å². The van der Waals surface area contributed by atoms with Gasteiger partial charge in [0.1, 0.15) is 17.7 Å². The normalized spacial score (nSPS) is 10.3. The quantitative estimate of drug-likeness (QED) is 0.685. The molecule has 1 aromatic heterocycles. The Morgan fingerprint density at radius 1 is 1.05 bits per heavy atom. The molecule has 3 rings (SSSR count). The van der Waals surface area contributed by atoms with Crippen molar-refractivity contribution in [2.75, 3.05) is 7.11 Å². The summed E-state index contributed by atoms with van der Waals surface area (Å²) in [5.41, 5.74) is 2.79. The molecule has 0 aliphatic heterocycles. The Balaban J connectivity index is 1.92. The Morgan fingerprint density at radius 2 is 1.86 bits per heavy atom. The van der Waals surface area contributed by atoms with E-state index in [1.807, 2.05) is 18.2 Å². The fourth-order valence-corrected chi connectivity index (χ4v) is 2.09. The van der Waals surface area contributed by atoms with Crippen LogP contribution in [0.2, 0.25) is 0 Å². The van der Waals surface area contributed by atoms with Crippen LogP contribution in [-0.2, 0) is 0 Å². The molecule has 0 bridgehead atoms. The minimum atomic E-state index is -0.0389. The van der Waals surface area contributed by atoms with Crippen LogP contribution < -0.4 is 4.74 Å². The second-order valence-electron chi connectivity index (χ2n) is 4.52. The lowest BCUT2D eigenvalue weighted by Gasteiger charge is -2.04. The second kappa shape index (κ2) is 5.63. The number of methoxy groups -OCH3 is 1. The highest BCUT2D eigenvalue weighted by Crippen LogP contribution is 2.21.